The maximum atomic E-state index is 12.7. The lowest BCUT2D eigenvalue weighted by atomic mass is 9.97. The van der Waals surface area contributed by atoms with Gasteiger partial charge in [0.25, 0.3) is 5.91 Å². The number of benzene rings is 1. The first kappa shape index (κ1) is 20.5. The number of hydrogen-bond acceptors (Lipinski definition) is 4. The van der Waals surface area contributed by atoms with Gasteiger partial charge in [-0.2, -0.15) is 0 Å². The number of amides is 1. The molecule has 1 N–H and O–H groups in total. The molecule has 0 heterocycles. The standard InChI is InChI=1S/C19H31NO4/c1-5-7-12-19(3,24-13-6-2)18(21)20-16-8-10-17(11-9-16)23-15-14-22-4/h8-11H,5-7,12-15H2,1-4H3,(H,20,21). The third-order valence-electron chi connectivity index (χ3n) is 3.78. The zero-order chi connectivity index (χ0) is 17.8. The summed E-state index contributed by atoms with van der Waals surface area (Å²) in [6.07, 6.45) is 3.60. The van der Waals surface area contributed by atoms with Gasteiger partial charge in [-0.25, -0.2) is 0 Å². The molecule has 1 amide bonds. The zero-order valence-corrected chi connectivity index (χ0v) is 15.4. The molecule has 0 aliphatic heterocycles. The number of nitrogens with one attached hydrogen (secondary N) is 1. The predicted molar refractivity (Wildman–Crippen MR) is 96.6 cm³/mol. The molecule has 1 unspecified atom stereocenters. The van der Waals surface area contributed by atoms with Crippen LogP contribution < -0.4 is 10.1 Å². The van der Waals surface area contributed by atoms with Crippen molar-refractivity contribution in [2.75, 3.05) is 32.2 Å². The molecule has 1 aromatic carbocycles. The van der Waals surface area contributed by atoms with Crippen LogP contribution in [0.2, 0.25) is 0 Å². The topological polar surface area (TPSA) is 56.8 Å². The monoisotopic (exact) mass is 337 g/mol. The predicted octanol–water partition coefficient (Wildman–Crippen LogP) is 4.03. The van der Waals surface area contributed by atoms with Gasteiger partial charge in [0.05, 0.1) is 6.61 Å². The van der Waals surface area contributed by atoms with Gasteiger partial charge >= 0.3 is 0 Å². The first-order chi connectivity index (χ1) is 11.6. The number of carbonyl (C=O) groups is 1. The minimum Gasteiger partial charge on any atom is -0.491 e. The van der Waals surface area contributed by atoms with Crippen LogP contribution in [0.25, 0.3) is 0 Å². The summed E-state index contributed by atoms with van der Waals surface area (Å²) in [5.41, 5.74) is -0.0541. The summed E-state index contributed by atoms with van der Waals surface area (Å²) >= 11 is 0. The van der Waals surface area contributed by atoms with Gasteiger partial charge in [0.15, 0.2) is 0 Å². The summed E-state index contributed by atoms with van der Waals surface area (Å²) < 4.78 is 16.3. The van der Waals surface area contributed by atoms with Crippen LogP contribution in [0, 0.1) is 0 Å². The van der Waals surface area contributed by atoms with E-state index in [1.165, 1.54) is 0 Å². The Kier molecular flexibility index (Phi) is 9.42. The van der Waals surface area contributed by atoms with Crippen molar-refractivity contribution < 1.29 is 19.0 Å². The van der Waals surface area contributed by atoms with E-state index >= 15 is 0 Å². The highest BCUT2D eigenvalue weighted by atomic mass is 16.5. The summed E-state index contributed by atoms with van der Waals surface area (Å²) in [6, 6.07) is 7.34. The van der Waals surface area contributed by atoms with Crippen molar-refractivity contribution in [2.24, 2.45) is 0 Å². The molecule has 1 atom stereocenters. The fourth-order valence-electron chi connectivity index (χ4n) is 2.23. The average Bonchev–Trinajstić information content (AvgIpc) is 2.60. The van der Waals surface area contributed by atoms with Gasteiger partial charge in [0, 0.05) is 19.4 Å². The van der Waals surface area contributed by atoms with Gasteiger partial charge in [0.1, 0.15) is 18.0 Å². The fourth-order valence-corrected chi connectivity index (χ4v) is 2.23. The van der Waals surface area contributed by atoms with Crippen molar-refractivity contribution in [1.29, 1.82) is 0 Å². The van der Waals surface area contributed by atoms with E-state index in [4.69, 9.17) is 14.2 Å². The van der Waals surface area contributed by atoms with Gasteiger partial charge in [0.2, 0.25) is 0 Å². The van der Waals surface area contributed by atoms with Crippen LogP contribution in [0.3, 0.4) is 0 Å². The van der Waals surface area contributed by atoms with Crippen LogP contribution in [0.1, 0.15) is 46.5 Å². The minimum absolute atomic E-state index is 0.0996. The van der Waals surface area contributed by atoms with Crippen molar-refractivity contribution >= 4 is 11.6 Å². The molecule has 1 rings (SSSR count). The van der Waals surface area contributed by atoms with E-state index in [0.29, 0.717) is 26.2 Å². The molecule has 5 heteroatoms. The summed E-state index contributed by atoms with van der Waals surface area (Å²) in [4.78, 5) is 12.7. The highest BCUT2D eigenvalue weighted by molar-refractivity contribution is 5.97. The number of hydrogen-bond donors (Lipinski definition) is 1. The van der Waals surface area contributed by atoms with Crippen LogP contribution >= 0.6 is 0 Å². The molecule has 0 bridgehead atoms. The molecule has 0 aromatic heterocycles. The normalized spacial score (nSPS) is 13.3. The molecule has 0 saturated carbocycles. The number of ether oxygens (including phenoxy) is 3. The highest BCUT2D eigenvalue weighted by Gasteiger charge is 2.33. The third kappa shape index (κ3) is 6.89. The van der Waals surface area contributed by atoms with Crippen LogP contribution in [-0.2, 0) is 14.3 Å². The van der Waals surface area contributed by atoms with Crippen LogP contribution in [0.5, 0.6) is 5.75 Å². The summed E-state index contributed by atoms with van der Waals surface area (Å²) in [6.45, 7) is 7.65. The molecule has 0 aliphatic rings. The number of carbonyl (C=O) groups excluding carboxylic acids is 1. The molecule has 0 aliphatic carbocycles. The molecule has 0 spiro atoms. The molecule has 0 saturated heterocycles. The number of rotatable bonds is 12. The molecule has 0 fully saturated rings. The number of unbranched alkanes of at least 4 members (excludes halogenated alkanes) is 1. The Morgan fingerprint density at radius 3 is 2.38 bits per heavy atom. The Morgan fingerprint density at radius 1 is 1.08 bits per heavy atom. The van der Waals surface area contributed by atoms with E-state index in [1.807, 2.05) is 38.1 Å². The summed E-state index contributed by atoms with van der Waals surface area (Å²) in [5, 5.41) is 2.95. The Labute approximate surface area is 145 Å². The lowest BCUT2D eigenvalue weighted by Gasteiger charge is -2.28. The number of anilines is 1. The van der Waals surface area contributed by atoms with E-state index in [9.17, 15) is 4.79 Å². The van der Waals surface area contributed by atoms with Crippen molar-refractivity contribution in [2.45, 2.75) is 52.1 Å². The summed E-state index contributed by atoms with van der Waals surface area (Å²) in [5.74, 6) is 0.651. The molecule has 5 nitrogen and oxygen atoms in total. The van der Waals surface area contributed by atoms with Crippen molar-refractivity contribution in [1.82, 2.24) is 0 Å². The third-order valence-corrected chi connectivity index (χ3v) is 3.78. The first-order valence-corrected chi connectivity index (χ1v) is 8.73. The smallest absolute Gasteiger partial charge is 0.256 e. The molecule has 1 aromatic rings. The Hall–Kier alpha value is -1.59. The minimum atomic E-state index is -0.792. The largest absolute Gasteiger partial charge is 0.491 e. The SMILES string of the molecule is CCCCC(C)(OCCC)C(=O)Nc1ccc(OCCOC)cc1. The molecular weight excluding hydrogens is 306 g/mol. The van der Waals surface area contributed by atoms with Gasteiger partial charge in [-0.1, -0.05) is 26.7 Å². The fraction of sp³-hybridized carbons (Fsp3) is 0.632. The van der Waals surface area contributed by atoms with Gasteiger partial charge in [-0.05, 0) is 44.0 Å². The zero-order valence-electron chi connectivity index (χ0n) is 15.4. The van der Waals surface area contributed by atoms with E-state index in [0.717, 1.165) is 30.7 Å². The lowest BCUT2D eigenvalue weighted by molar-refractivity contribution is -0.140. The lowest BCUT2D eigenvalue weighted by Crippen LogP contribution is -2.43. The maximum absolute atomic E-state index is 12.7. The quantitative estimate of drug-likeness (QED) is 0.585. The first-order valence-electron chi connectivity index (χ1n) is 8.73. The second kappa shape index (κ2) is 11.0. The van der Waals surface area contributed by atoms with E-state index < -0.39 is 5.60 Å². The number of methoxy groups -OCH3 is 1. The van der Waals surface area contributed by atoms with Crippen LogP contribution in [0.15, 0.2) is 24.3 Å². The second-order valence-electron chi connectivity index (χ2n) is 6.00. The Morgan fingerprint density at radius 2 is 1.79 bits per heavy atom. The van der Waals surface area contributed by atoms with Gasteiger partial charge in [-0.3, -0.25) is 4.79 Å². The summed E-state index contributed by atoms with van der Waals surface area (Å²) in [7, 11) is 1.64. The van der Waals surface area contributed by atoms with Crippen molar-refractivity contribution in [3.63, 3.8) is 0 Å². The van der Waals surface area contributed by atoms with E-state index in [-0.39, 0.29) is 5.91 Å². The maximum Gasteiger partial charge on any atom is 0.256 e. The van der Waals surface area contributed by atoms with Crippen LogP contribution in [0.4, 0.5) is 5.69 Å². The molecular formula is C19H31NO4. The van der Waals surface area contributed by atoms with Crippen molar-refractivity contribution in [3.05, 3.63) is 24.3 Å². The van der Waals surface area contributed by atoms with Gasteiger partial charge < -0.3 is 19.5 Å². The van der Waals surface area contributed by atoms with E-state index in [1.54, 1.807) is 7.11 Å². The van der Waals surface area contributed by atoms with Crippen molar-refractivity contribution in [3.8, 4) is 5.75 Å². The Bertz CT molecular complexity index is 465. The van der Waals surface area contributed by atoms with Gasteiger partial charge in [-0.15, -0.1) is 0 Å². The average molecular weight is 337 g/mol. The Balaban J connectivity index is 2.65. The van der Waals surface area contributed by atoms with E-state index in [2.05, 4.69) is 12.2 Å². The molecule has 24 heavy (non-hydrogen) atoms. The second-order valence-corrected chi connectivity index (χ2v) is 6.00. The molecule has 136 valence electrons. The highest BCUT2D eigenvalue weighted by Crippen LogP contribution is 2.23. The molecule has 0 radical (unpaired) electrons. The van der Waals surface area contributed by atoms with Crippen LogP contribution in [-0.4, -0.2) is 38.4 Å².